The zero-order chi connectivity index (χ0) is 25.8. The smallest absolute Gasteiger partial charge is 0.463 e. The molecule has 4 rings (SSSR count). The molecule has 0 saturated carbocycles. The summed E-state index contributed by atoms with van der Waals surface area (Å²) in [6, 6.07) is 17.0. The lowest BCUT2D eigenvalue weighted by Crippen LogP contribution is -2.37. The van der Waals surface area contributed by atoms with Gasteiger partial charge in [0.25, 0.3) is 0 Å². The van der Waals surface area contributed by atoms with Crippen molar-refractivity contribution in [1.82, 2.24) is 0 Å². The fourth-order valence-electron chi connectivity index (χ4n) is 4.25. The molecule has 36 heavy (non-hydrogen) atoms. The van der Waals surface area contributed by atoms with Crippen LogP contribution in [0.2, 0.25) is 0 Å². The molecule has 1 heterocycles. The van der Waals surface area contributed by atoms with Gasteiger partial charge in [0, 0.05) is 17.4 Å². The molecular weight excluding hydrogens is 483 g/mol. The monoisotopic (exact) mass is 512 g/mol. The molecule has 0 fully saturated rings. The number of cyclic esters (lactones) is 1. The molecular formula is C27H29O8P. The lowest BCUT2D eigenvalue weighted by Gasteiger charge is -2.39. The normalized spacial score (nSPS) is 21.0. The Balaban J connectivity index is 1.80. The summed E-state index contributed by atoms with van der Waals surface area (Å²) in [4.78, 5) is 25.0. The highest BCUT2D eigenvalue weighted by Gasteiger charge is 2.48. The van der Waals surface area contributed by atoms with Crippen molar-refractivity contribution in [2.45, 2.75) is 39.7 Å². The van der Waals surface area contributed by atoms with E-state index in [4.69, 9.17) is 23.0 Å². The van der Waals surface area contributed by atoms with Gasteiger partial charge in [0.15, 0.2) is 0 Å². The van der Waals surface area contributed by atoms with Crippen molar-refractivity contribution in [3.8, 4) is 11.5 Å². The molecule has 0 saturated heterocycles. The molecule has 9 heteroatoms. The topological polar surface area (TPSA) is 97.4 Å². The highest BCUT2D eigenvalue weighted by molar-refractivity contribution is 7.49. The van der Waals surface area contributed by atoms with Crippen LogP contribution >= 0.6 is 7.82 Å². The molecule has 2 aromatic rings. The van der Waals surface area contributed by atoms with Crippen LogP contribution < -0.4 is 9.05 Å². The first-order chi connectivity index (χ1) is 17.2. The maximum atomic E-state index is 14.2. The van der Waals surface area contributed by atoms with E-state index in [1.54, 1.807) is 73.7 Å². The van der Waals surface area contributed by atoms with Crippen molar-refractivity contribution >= 4 is 19.8 Å². The van der Waals surface area contributed by atoms with E-state index < -0.39 is 37.2 Å². The first-order valence-corrected chi connectivity index (χ1v) is 13.3. The first kappa shape index (κ1) is 25.6. The Labute approximate surface area is 210 Å². The Morgan fingerprint density at radius 1 is 1.00 bits per heavy atom. The lowest BCUT2D eigenvalue weighted by molar-refractivity contribution is -0.144. The number of para-hydroxylation sites is 2. The maximum Gasteiger partial charge on any atom is 0.646 e. The van der Waals surface area contributed by atoms with Crippen LogP contribution in [0.4, 0.5) is 0 Å². The maximum absolute atomic E-state index is 14.2. The van der Waals surface area contributed by atoms with Gasteiger partial charge in [-0.25, -0.2) is 9.59 Å². The summed E-state index contributed by atoms with van der Waals surface area (Å²) in [5.41, 5.74) is -0.563. The SMILES string of the molecule is CCOC(=O)C1=C(OP(=O)(Oc2ccccc2)Oc2ccccc2)C(C)(C)CC[C@@H]1[C@H]1C=CC(=O)O1. The Kier molecular flexibility index (Phi) is 7.55. The molecule has 2 aliphatic rings. The van der Waals surface area contributed by atoms with Crippen LogP contribution in [0.1, 0.15) is 33.6 Å². The number of rotatable bonds is 9. The second kappa shape index (κ2) is 10.6. The predicted molar refractivity (Wildman–Crippen MR) is 132 cm³/mol. The van der Waals surface area contributed by atoms with E-state index in [0.29, 0.717) is 12.8 Å². The molecule has 8 nitrogen and oxygen atoms in total. The summed E-state index contributed by atoms with van der Waals surface area (Å²) in [6.45, 7) is 5.58. The largest absolute Gasteiger partial charge is 0.646 e. The molecule has 190 valence electrons. The van der Waals surface area contributed by atoms with Gasteiger partial charge in [-0.3, -0.25) is 0 Å². The number of allylic oxidation sites excluding steroid dienone is 1. The van der Waals surface area contributed by atoms with E-state index in [9.17, 15) is 14.2 Å². The minimum atomic E-state index is -4.37. The fraction of sp³-hybridized carbons (Fsp3) is 0.333. The number of benzene rings is 2. The van der Waals surface area contributed by atoms with Crippen molar-refractivity contribution in [3.05, 3.63) is 84.1 Å². The van der Waals surface area contributed by atoms with Gasteiger partial charge in [-0.1, -0.05) is 50.2 Å². The second-order valence-electron chi connectivity index (χ2n) is 9.10. The molecule has 0 amide bonds. The third kappa shape index (κ3) is 5.82. The summed E-state index contributed by atoms with van der Waals surface area (Å²) in [5, 5.41) is 0. The standard InChI is InChI=1S/C27H29O8P/c1-4-31-26(29)24-21(22-15-16-23(28)32-22)17-18-27(2,3)25(24)35-36(30,33-19-11-7-5-8-12-19)34-20-13-9-6-10-14-20/h5-16,21-22H,4,17-18H2,1-3H3/t21-,22-/m1/s1. The van der Waals surface area contributed by atoms with Crippen LogP contribution in [-0.2, 0) is 28.2 Å². The third-order valence-electron chi connectivity index (χ3n) is 6.00. The minimum Gasteiger partial charge on any atom is -0.463 e. The number of carbonyl (C=O) groups is 2. The Bertz CT molecular complexity index is 1160. The van der Waals surface area contributed by atoms with E-state index in [1.807, 2.05) is 13.8 Å². The fourth-order valence-corrected chi connectivity index (χ4v) is 5.69. The number of hydrogen-bond acceptors (Lipinski definition) is 8. The van der Waals surface area contributed by atoms with Gasteiger partial charge in [-0.2, -0.15) is 4.57 Å². The number of phosphoric acid groups is 1. The number of hydrogen-bond donors (Lipinski definition) is 0. The minimum absolute atomic E-state index is 0.127. The summed E-state index contributed by atoms with van der Waals surface area (Å²) in [5.74, 6) is -0.991. The highest BCUT2D eigenvalue weighted by atomic mass is 31.2. The second-order valence-corrected chi connectivity index (χ2v) is 10.5. The summed E-state index contributed by atoms with van der Waals surface area (Å²) < 4.78 is 42.7. The van der Waals surface area contributed by atoms with Gasteiger partial charge in [0.1, 0.15) is 23.4 Å². The van der Waals surface area contributed by atoms with Crippen LogP contribution in [0.3, 0.4) is 0 Å². The van der Waals surface area contributed by atoms with Crippen molar-refractivity contribution < 1.29 is 37.2 Å². The molecule has 0 spiro atoms. The molecule has 0 bridgehead atoms. The van der Waals surface area contributed by atoms with Crippen LogP contribution in [0.15, 0.2) is 84.1 Å². The zero-order valence-electron chi connectivity index (χ0n) is 20.4. The summed E-state index contributed by atoms with van der Waals surface area (Å²) >= 11 is 0. The van der Waals surface area contributed by atoms with Gasteiger partial charge >= 0.3 is 19.8 Å². The lowest BCUT2D eigenvalue weighted by atomic mass is 9.71. The average Bonchev–Trinajstić information content (AvgIpc) is 3.27. The predicted octanol–water partition coefficient (Wildman–Crippen LogP) is 6.00. The van der Waals surface area contributed by atoms with Crippen molar-refractivity contribution in [2.75, 3.05) is 6.61 Å². The van der Waals surface area contributed by atoms with Crippen molar-refractivity contribution in [2.24, 2.45) is 11.3 Å². The zero-order valence-corrected chi connectivity index (χ0v) is 21.3. The molecule has 0 radical (unpaired) electrons. The number of carbonyl (C=O) groups excluding carboxylic acids is 2. The van der Waals surface area contributed by atoms with Crippen LogP contribution in [-0.4, -0.2) is 24.6 Å². The Hall–Kier alpha value is -3.51. The van der Waals surface area contributed by atoms with Crippen LogP contribution in [0, 0.1) is 11.3 Å². The molecule has 1 aliphatic carbocycles. The van der Waals surface area contributed by atoms with Crippen molar-refractivity contribution in [3.63, 3.8) is 0 Å². The molecule has 2 atom stereocenters. The highest BCUT2D eigenvalue weighted by Crippen LogP contribution is 2.57. The van der Waals surface area contributed by atoms with Gasteiger partial charge in [-0.15, -0.1) is 0 Å². The van der Waals surface area contributed by atoms with Crippen LogP contribution in [0.25, 0.3) is 0 Å². The van der Waals surface area contributed by atoms with Gasteiger partial charge in [-0.05, 0) is 50.1 Å². The van der Waals surface area contributed by atoms with Crippen molar-refractivity contribution in [1.29, 1.82) is 0 Å². The Morgan fingerprint density at radius 2 is 1.58 bits per heavy atom. The Morgan fingerprint density at radius 3 is 2.08 bits per heavy atom. The average molecular weight is 512 g/mol. The van der Waals surface area contributed by atoms with Crippen LogP contribution in [0.5, 0.6) is 11.5 Å². The van der Waals surface area contributed by atoms with Gasteiger partial charge < -0.3 is 23.0 Å². The molecule has 0 unspecified atom stereocenters. The summed E-state index contributed by atoms with van der Waals surface area (Å²) in [6.07, 6.45) is 3.36. The number of phosphoric ester groups is 1. The third-order valence-corrected chi connectivity index (χ3v) is 7.28. The van der Waals surface area contributed by atoms with E-state index in [0.717, 1.165) is 0 Å². The summed E-state index contributed by atoms with van der Waals surface area (Å²) in [7, 11) is -4.37. The molecule has 2 aromatic carbocycles. The quantitative estimate of drug-likeness (QED) is 0.298. The molecule has 0 aromatic heterocycles. The number of esters is 2. The van der Waals surface area contributed by atoms with E-state index in [1.165, 1.54) is 6.08 Å². The van der Waals surface area contributed by atoms with E-state index in [2.05, 4.69) is 0 Å². The van der Waals surface area contributed by atoms with Gasteiger partial charge in [0.2, 0.25) is 0 Å². The number of ether oxygens (including phenoxy) is 2. The molecule has 0 N–H and O–H groups in total. The molecule has 1 aliphatic heterocycles. The first-order valence-electron chi connectivity index (χ1n) is 11.8. The van der Waals surface area contributed by atoms with Gasteiger partial charge in [0.05, 0.1) is 12.2 Å². The van der Waals surface area contributed by atoms with E-state index in [-0.39, 0.29) is 29.4 Å². The van der Waals surface area contributed by atoms with E-state index >= 15 is 0 Å².